The fraction of sp³-hybridized carbons (Fsp3) is 0.136. The Kier molecular flexibility index (Phi) is 5.99. The molecule has 0 fully saturated rings. The van der Waals surface area contributed by atoms with Crippen molar-refractivity contribution in [2.75, 3.05) is 11.1 Å². The molecule has 1 amide bonds. The number of anilines is 1. The van der Waals surface area contributed by atoms with Gasteiger partial charge in [0.25, 0.3) is 0 Å². The molecule has 0 spiro atoms. The van der Waals surface area contributed by atoms with E-state index in [0.29, 0.717) is 15.7 Å². The maximum atomic E-state index is 12.4. The smallest absolute Gasteiger partial charge is 0.234 e. The number of rotatable bonds is 5. The number of hydrogen-bond donors (Lipinski definition) is 1. The van der Waals surface area contributed by atoms with E-state index in [1.165, 1.54) is 11.8 Å². The highest BCUT2D eigenvalue weighted by Gasteiger charge is 2.17. The highest BCUT2D eigenvalue weighted by molar-refractivity contribution is 7.99. The molecule has 30 heavy (non-hydrogen) atoms. The molecular weight excluding hydrogens is 439 g/mol. The molecule has 0 aliphatic rings. The minimum atomic E-state index is -0.119. The molecule has 1 N–H and O–H groups in total. The van der Waals surface area contributed by atoms with Crippen molar-refractivity contribution in [1.82, 2.24) is 14.6 Å². The lowest BCUT2D eigenvalue weighted by atomic mass is 10.1. The van der Waals surface area contributed by atoms with E-state index in [9.17, 15) is 4.79 Å². The summed E-state index contributed by atoms with van der Waals surface area (Å²) >= 11 is 13.4. The summed E-state index contributed by atoms with van der Waals surface area (Å²) in [5, 5.41) is 9.65. The van der Waals surface area contributed by atoms with Crippen LogP contribution >= 0.6 is 35.0 Å². The van der Waals surface area contributed by atoms with Crippen molar-refractivity contribution in [2.24, 2.45) is 0 Å². The Morgan fingerprint density at radius 3 is 2.57 bits per heavy atom. The number of amides is 1. The topological polar surface area (TPSA) is 59.3 Å². The number of carbonyl (C=O) groups excluding carboxylic acids is 1. The van der Waals surface area contributed by atoms with Crippen molar-refractivity contribution in [1.29, 1.82) is 0 Å². The van der Waals surface area contributed by atoms with Crippen LogP contribution in [-0.2, 0) is 4.79 Å². The van der Waals surface area contributed by atoms with Gasteiger partial charge in [-0.3, -0.25) is 4.79 Å². The molecule has 0 saturated heterocycles. The lowest BCUT2D eigenvalue weighted by Gasteiger charge is -2.08. The van der Waals surface area contributed by atoms with Gasteiger partial charge in [-0.2, -0.15) is 5.10 Å². The lowest BCUT2D eigenvalue weighted by molar-refractivity contribution is -0.113. The summed E-state index contributed by atoms with van der Waals surface area (Å²) in [6.45, 7) is 3.89. The van der Waals surface area contributed by atoms with Crippen molar-refractivity contribution < 1.29 is 4.79 Å². The first-order chi connectivity index (χ1) is 14.4. The number of halogens is 2. The molecule has 2 aromatic heterocycles. The Morgan fingerprint density at radius 1 is 1.07 bits per heavy atom. The van der Waals surface area contributed by atoms with E-state index >= 15 is 0 Å². The summed E-state index contributed by atoms with van der Waals surface area (Å²) in [5.41, 5.74) is 5.10. The molecule has 4 rings (SSSR count). The van der Waals surface area contributed by atoms with Crippen LogP contribution in [0.15, 0.2) is 59.6 Å². The van der Waals surface area contributed by atoms with Crippen LogP contribution in [0.2, 0.25) is 10.0 Å². The molecule has 2 aromatic carbocycles. The largest absolute Gasteiger partial charge is 0.325 e. The van der Waals surface area contributed by atoms with E-state index in [0.717, 1.165) is 33.2 Å². The van der Waals surface area contributed by atoms with Gasteiger partial charge < -0.3 is 5.32 Å². The minimum Gasteiger partial charge on any atom is -0.325 e. The van der Waals surface area contributed by atoms with Crippen LogP contribution in [0.4, 0.5) is 5.69 Å². The standard InChI is InChI=1S/C22H18Cl2N4OS/c1-13-10-20(30-12-19(29)26-18-5-3-4-17(24)11-18)28-22(25-13)21(14(2)27-28)15-6-8-16(23)9-7-15/h3-11H,12H2,1-2H3,(H,26,29). The summed E-state index contributed by atoms with van der Waals surface area (Å²) in [7, 11) is 0. The number of benzene rings is 2. The van der Waals surface area contributed by atoms with Gasteiger partial charge in [0.1, 0.15) is 5.03 Å². The highest BCUT2D eigenvalue weighted by Crippen LogP contribution is 2.31. The van der Waals surface area contributed by atoms with Gasteiger partial charge in [0.2, 0.25) is 5.91 Å². The van der Waals surface area contributed by atoms with Crippen molar-refractivity contribution >= 4 is 52.2 Å². The molecule has 0 radical (unpaired) electrons. The molecular formula is C22H18Cl2N4OS. The van der Waals surface area contributed by atoms with E-state index < -0.39 is 0 Å². The van der Waals surface area contributed by atoms with Crippen molar-refractivity contribution in [3.8, 4) is 11.1 Å². The molecule has 0 saturated carbocycles. The normalized spacial score (nSPS) is 11.1. The second kappa shape index (κ2) is 8.68. The lowest BCUT2D eigenvalue weighted by Crippen LogP contribution is -2.14. The zero-order chi connectivity index (χ0) is 21.3. The Hall–Kier alpha value is -2.54. The average Bonchev–Trinajstić information content (AvgIpc) is 3.02. The van der Waals surface area contributed by atoms with Gasteiger partial charge in [-0.1, -0.05) is 53.2 Å². The summed E-state index contributed by atoms with van der Waals surface area (Å²) in [5.74, 6) is 0.118. The van der Waals surface area contributed by atoms with Crippen molar-refractivity contribution in [3.63, 3.8) is 0 Å². The van der Waals surface area contributed by atoms with Gasteiger partial charge >= 0.3 is 0 Å². The maximum absolute atomic E-state index is 12.4. The van der Waals surface area contributed by atoms with Crippen molar-refractivity contribution in [2.45, 2.75) is 18.9 Å². The third kappa shape index (κ3) is 4.46. The molecule has 0 aliphatic carbocycles. The predicted molar refractivity (Wildman–Crippen MR) is 124 cm³/mol. The van der Waals surface area contributed by atoms with Crippen LogP contribution in [0.1, 0.15) is 11.4 Å². The Bertz CT molecular complexity index is 1240. The number of carbonyl (C=O) groups is 1. The zero-order valence-electron chi connectivity index (χ0n) is 16.3. The first-order valence-corrected chi connectivity index (χ1v) is 11.0. The van der Waals surface area contributed by atoms with Crippen LogP contribution in [0.3, 0.4) is 0 Å². The summed E-state index contributed by atoms with van der Waals surface area (Å²) in [6, 6.07) is 16.6. The SMILES string of the molecule is Cc1cc(SCC(=O)Nc2cccc(Cl)c2)n2nc(C)c(-c3ccc(Cl)cc3)c2n1. The number of fused-ring (bicyclic) bond motifs is 1. The van der Waals surface area contributed by atoms with E-state index in [2.05, 4.69) is 10.4 Å². The Labute approximate surface area is 188 Å². The van der Waals surface area contributed by atoms with E-state index in [1.807, 2.05) is 44.2 Å². The molecule has 0 aliphatic heterocycles. The Morgan fingerprint density at radius 2 is 1.83 bits per heavy atom. The fourth-order valence-corrected chi connectivity index (χ4v) is 4.34. The third-order valence-corrected chi connectivity index (χ3v) is 5.93. The predicted octanol–water partition coefficient (Wildman–Crippen LogP) is 6.05. The van der Waals surface area contributed by atoms with Crippen LogP contribution in [0.25, 0.3) is 16.8 Å². The number of hydrogen-bond acceptors (Lipinski definition) is 4. The molecule has 152 valence electrons. The summed E-state index contributed by atoms with van der Waals surface area (Å²) in [4.78, 5) is 17.1. The van der Waals surface area contributed by atoms with Crippen LogP contribution in [0, 0.1) is 13.8 Å². The van der Waals surface area contributed by atoms with Gasteiger partial charge in [0.15, 0.2) is 5.65 Å². The number of nitrogens with one attached hydrogen (secondary N) is 1. The molecule has 5 nitrogen and oxygen atoms in total. The second-order valence-corrected chi connectivity index (χ2v) is 8.65. The van der Waals surface area contributed by atoms with Gasteiger partial charge in [-0.15, -0.1) is 0 Å². The molecule has 2 heterocycles. The van der Waals surface area contributed by atoms with Crippen LogP contribution in [-0.4, -0.2) is 26.3 Å². The zero-order valence-corrected chi connectivity index (χ0v) is 18.6. The first-order valence-electron chi connectivity index (χ1n) is 9.22. The maximum Gasteiger partial charge on any atom is 0.234 e. The van der Waals surface area contributed by atoms with Gasteiger partial charge in [0.05, 0.1) is 11.4 Å². The van der Waals surface area contributed by atoms with E-state index in [4.69, 9.17) is 28.2 Å². The average molecular weight is 457 g/mol. The van der Waals surface area contributed by atoms with Gasteiger partial charge in [0, 0.05) is 27.0 Å². The van der Waals surface area contributed by atoms with E-state index in [-0.39, 0.29) is 11.7 Å². The number of nitrogens with zero attached hydrogens (tertiary/aromatic N) is 3. The highest BCUT2D eigenvalue weighted by atomic mass is 35.5. The molecule has 8 heteroatoms. The van der Waals surface area contributed by atoms with Gasteiger partial charge in [-0.05, 0) is 55.8 Å². The quantitative estimate of drug-likeness (QED) is 0.293. The third-order valence-electron chi connectivity index (χ3n) is 4.45. The summed E-state index contributed by atoms with van der Waals surface area (Å²) < 4.78 is 1.80. The van der Waals surface area contributed by atoms with Crippen LogP contribution in [0.5, 0.6) is 0 Å². The molecule has 4 aromatic rings. The van der Waals surface area contributed by atoms with E-state index in [1.54, 1.807) is 28.8 Å². The minimum absolute atomic E-state index is 0.119. The first kappa shape index (κ1) is 20.7. The van der Waals surface area contributed by atoms with Crippen LogP contribution < -0.4 is 5.32 Å². The number of aromatic nitrogens is 3. The number of thioether (sulfide) groups is 1. The number of aryl methyl sites for hydroxylation is 2. The fourth-order valence-electron chi connectivity index (χ4n) is 3.17. The Balaban J connectivity index is 1.61. The van der Waals surface area contributed by atoms with Crippen molar-refractivity contribution in [3.05, 3.63) is 76.0 Å². The molecule has 0 unspecified atom stereocenters. The van der Waals surface area contributed by atoms with Gasteiger partial charge in [-0.25, -0.2) is 9.50 Å². The molecule has 0 bridgehead atoms. The summed E-state index contributed by atoms with van der Waals surface area (Å²) in [6.07, 6.45) is 0. The molecule has 0 atom stereocenters. The monoisotopic (exact) mass is 456 g/mol. The second-order valence-electron chi connectivity index (χ2n) is 6.79.